The predicted molar refractivity (Wildman–Crippen MR) is 91.6 cm³/mol. The van der Waals surface area contributed by atoms with Crippen LogP contribution in [0.25, 0.3) is 17.0 Å². The van der Waals surface area contributed by atoms with E-state index in [0.717, 1.165) is 21.8 Å². The summed E-state index contributed by atoms with van der Waals surface area (Å²) in [6.07, 6.45) is 1.68. The Morgan fingerprint density at radius 2 is 2.04 bits per heavy atom. The van der Waals surface area contributed by atoms with Crippen LogP contribution in [0.1, 0.15) is 5.56 Å². The zero-order chi connectivity index (χ0) is 16.5. The van der Waals surface area contributed by atoms with Crippen LogP contribution in [0.5, 0.6) is 0 Å². The Morgan fingerprint density at radius 3 is 2.83 bits per heavy atom. The lowest BCUT2D eigenvalue weighted by atomic mass is 10.3. The van der Waals surface area contributed by atoms with Gasteiger partial charge in [0.05, 0.1) is 11.0 Å². The molecule has 0 aliphatic rings. The first-order valence-electron chi connectivity index (χ1n) is 7.26. The van der Waals surface area contributed by atoms with Gasteiger partial charge in [0.1, 0.15) is 5.82 Å². The molecular weight excluding hydrogens is 324 g/mol. The van der Waals surface area contributed by atoms with Gasteiger partial charge in [-0.3, -0.25) is 4.57 Å². The van der Waals surface area contributed by atoms with Crippen LogP contribution in [0.4, 0.5) is 5.82 Å². The number of nitrogens with zero attached hydrogens (tertiary/aromatic N) is 7. The summed E-state index contributed by atoms with van der Waals surface area (Å²) < 4.78 is 3.57. The van der Waals surface area contributed by atoms with E-state index in [1.54, 1.807) is 29.7 Å². The molecule has 0 aliphatic heterocycles. The molecule has 3 aromatic heterocycles. The highest BCUT2D eigenvalue weighted by atomic mass is 32.2. The molecule has 0 bridgehead atoms. The molecule has 0 aliphatic carbocycles. The summed E-state index contributed by atoms with van der Waals surface area (Å²) in [6.45, 7) is 0. The number of imidazole rings is 1. The number of tetrazole rings is 1. The second-order valence-corrected chi connectivity index (χ2v) is 6.10. The molecule has 0 saturated heterocycles. The van der Waals surface area contributed by atoms with Crippen molar-refractivity contribution in [3.8, 4) is 5.95 Å². The van der Waals surface area contributed by atoms with Crippen LogP contribution in [0.15, 0.2) is 47.8 Å². The summed E-state index contributed by atoms with van der Waals surface area (Å²) >= 11 is 1.57. The Kier molecular flexibility index (Phi) is 3.62. The van der Waals surface area contributed by atoms with Crippen LogP contribution in [-0.2, 0) is 12.8 Å². The molecular formula is C15H14N8S. The molecule has 24 heavy (non-hydrogen) atoms. The number of thioether (sulfide) groups is 1. The smallest absolute Gasteiger partial charge is 0.256 e. The number of fused-ring (bicyclic) bond motifs is 1. The summed E-state index contributed by atoms with van der Waals surface area (Å²) in [4.78, 5) is 8.83. The SMILES string of the molecule is Cn1nnnc1-n1c(SCc2cccnc2N)nc2ccccc21. The lowest BCUT2D eigenvalue weighted by molar-refractivity contribution is 0.682. The maximum atomic E-state index is 5.93. The van der Waals surface area contributed by atoms with Crippen molar-refractivity contribution in [3.05, 3.63) is 48.2 Å². The molecule has 0 spiro atoms. The minimum Gasteiger partial charge on any atom is -0.383 e. The molecule has 0 radical (unpaired) electrons. The number of benzene rings is 1. The summed E-state index contributed by atoms with van der Waals surface area (Å²) in [6, 6.07) is 11.7. The molecule has 0 amide bonds. The summed E-state index contributed by atoms with van der Waals surface area (Å²) in [7, 11) is 1.80. The van der Waals surface area contributed by atoms with Gasteiger partial charge in [0, 0.05) is 24.6 Å². The van der Waals surface area contributed by atoms with Crippen LogP contribution in [-0.4, -0.2) is 34.7 Å². The van der Waals surface area contributed by atoms with Crippen molar-refractivity contribution in [1.29, 1.82) is 0 Å². The van der Waals surface area contributed by atoms with Gasteiger partial charge in [-0.15, -0.1) is 0 Å². The van der Waals surface area contributed by atoms with E-state index in [4.69, 9.17) is 10.7 Å². The number of nitrogen functional groups attached to an aromatic ring is 1. The van der Waals surface area contributed by atoms with E-state index in [2.05, 4.69) is 20.5 Å². The highest BCUT2D eigenvalue weighted by molar-refractivity contribution is 7.98. The molecule has 4 rings (SSSR count). The average molecular weight is 338 g/mol. The molecule has 2 N–H and O–H groups in total. The van der Waals surface area contributed by atoms with Gasteiger partial charge < -0.3 is 5.73 Å². The van der Waals surface area contributed by atoms with Gasteiger partial charge in [0.15, 0.2) is 5.16 Å². The third-order valence-corrected chi connectivity index (χ3v) is 4.60. The van der Waals surface area contributed by atoms with Crippen LogP contribution in [0.3, 0.4) is 0 Å². The number of para-hydroxylation sites is 2. The van der Waals surface area contributed by atoms with Crippen molar-refractivity contribution in [2.75, 3.05) is 5.73 Å². The molecule has 8 nitrogen and oxygen atoms in total. The summed E-state index contributed by atoms with van der Waals surface area (Å²) in [5.74, 6) is 1.81. The number of nitrogens with two attached hydrogens (primary N) is 1. The monoisotopic (exact) mass is 338 g/mol. The fourth-order valence-corrected chi connectivity index (χ4v) is 3.42. The Labute approximate surface area is 141 Å². The average Bonchev–Trinajstić information content (AvgIpc) is 3.16. The fourth-order valence-electron chi connectivity index (χ4n) is 2.42. The van der Waals surface area contributed by atoms with E-state index < -0.39 is 0 Å². The molecule has 120 valence electrons. The van der Waals surface area contributed by atoms with E-state index in [-0.39, 0.29) is 0 Å². The molecule has 0 saturated carbocycles. The number of pyridine rings is 1. The molecule has 0 atom stereocenters. The first kappa shape index (κ1) is 14.6. The number of aromatic nitrogens is 7. The van der Waals surface area contributed by atoms with E-state index in [1.165, 1.54) is 0 Å². The van der Waals surface area contributed by atoms with Gasteiger partial charge in [-0.2, -0.15) is 0 Å². The molecule has 0 unspecified atom stereocenters. The topological polar surface area (TPSA) is 100 Å². The number of hydrogen-bond donors (Lipinski definition) is 1. The minimum atomic E-state index is 0.535. The van der Waals surface area contributed by atoms with Gasteiger partial charge >= 0.3 is 0 Å². The Hall–Kier alpha value is -2.94. The van der Waals surface area contributed by atoms with Crippen molar-refractivity contribution < 1.29 is 0 Å². The first-order valence-corrected chi connectivity index (χ1v) is 8.25. The first-order chi connectivity index (χ1) is 11.7. The van der Waals surface area contributed by atoms with E-state index >= 15 is 0 Å². The Balaban J connectivity index is 1.78. The summed E-state index contributed by atoms with van der Waals surface area (Å²) in [5, 5.41) is 12.6. The fraction of sp³-hybridized carbons (Fsp3) is 0.133. The zero-order valence-electron chi connectivity index (χ0n) is 12.9. The van der Waals surface area contributed by atoms with Crippen LogP contribution < -0.4 is 5.73 Å². The molecule has 4 aromatic rings. The van der Waals surface area contributed by atoms with Gasteiger partial charge in [0.25, 0.3) is 5.95 Å². The molecule has 9 heteroatoms. The van der Waals surface area contributed by atoms with Gasteiger partial charge in [-0.05, 0) is 28.6 Å². The predicted octanol–water partition coefficient (Wildman–Crippen LogP) is 1.82. The van der Waals surface area contributed by atoms with Crippen LogP contribution >= 0.6 is 11.8 Å². The van der Waals surface area contributed by atoms with Gasteiger partial charge in [-0.1, -0.05) is 35.1 Å². The van der Waals surface area contributed by atoms with E-state index in [9.17, 15) is 0 Å². The molecule has 0 fully saturated rings. The second-order valence-electron chi connectivity index (χ2n) is 5.16. The third-order valence-electron chi connectivity index (χ3n) is 3.61. The number of hydrogen-bond acceptors (Lipinski definition) is 7. The molecule has 1 aromatic carbocycles. The largest absolute Gasteiger partial charge is 0.383 e. The zero-order valence-corrected chi connectivity index (χ0v) is 13.7. The third kappa shape index (κ3) is 2.48. The van der Waals surface area contributed by atoms with Crippen molar-refractivity contribution in [2.45, 2.75) is 10.9 Å². The van der Waals surface area contributed by atoms with E-state index in [0.29, 0.717) is 17.5 Å². The quantitative estimate of drug-likeness (QED) is 0.566. The standard InChI is InChI=1S/C15H14N8S/c1-22-14(19-20-21-22)23-12-7-3-2-6-11(12)18-15(23)24-9-10-5-4-8-17-13(10)16/h2-8H,9H2,1H3,(H2,16,17). The summed E-state index contributed by atoms with van der Waals surface area (Å²) in [5.41, 5.74) is 8.74. The maximum absolute atomic E-state index is 5.93. The van der Waals surface area contributed by atoms with Crippen molar-refractivity contribution in [1.82, 2.24) is 34.7 Å². The highest BCUT2D eigenvalue weighted by Gasteiger charge is 2.17. The maximum Gasteiger partial charge on any atom is 0.256 e. The lowest BCUT2D eigenvalue weighted by Crippen LogP contribution is -2.06. The van der Waals surface area contributed by atoms with Crippen molar-refractivity contribution >= 4 is 28.6 Å². The second kappa shape index (κ2) is 5.93. The number of anilines is 1. The minimum absolute atomic E-state index is 0.535. The number of aryl methyl sites for hydroxylation is 1. The van der Waals surface area contributed by atoms with Crippen molar-refractivity contribution in [2.24, 2.45) is 7.05 Å². The highest BCUT2D eigenvalue weighted by Crippen LogP contribution is 2.29. The number of rotatable bonds is 4. The van der Waals surface area contributed by atoms with Gasteiger partial charge in [0.2, 0.25) is 0 Å². The Morgan fingerprint density at radius 1 is 1.17 bits per heavy atom. The normalized spacial score (nSPS) is 11.2. The van der Waals surface area contributed by atoms with Crippen LogP contribution in [0.2, 0.25) is 0 Å². The van der Waals surface area contributed by atoms with E-state index in [1.807, 2.05) is 41.0 Å². The molecule has 3 heterocycles. The lowest BCUT2D eigenvalue weighted by Gasteiger charge is -2.07. The van der Waals surface area contributed by atoms with Gasteiger partial charge in [-0.25, -0.2) is 14.6 Å². The Bertz CT molecular complexity index is 1010. The van der Waals surface area contributed by atoms with Crippen molar-refractivity contribution in [3.63, 3.8) is 0 Å². The van der Waals surface area contributed by atoms with Crippen LogP contribution in [0, 0.1) is 0 Å².